The van der Waals surface area contributed by atoms with Gasteiger partial charge in [0.05, 0.1) is 23.6 Å². The molecule has 3 atom stereocenters. The molecule has 3 aliphatic rings. The molecule has 0 bridgehead atoms. The van der Waals surface area contributed by atoms with Crippen LogP contribution in [0.4, 0.5) is 0 Å². The number of hydrogen-bond donors (Lipinski definition) is 3. The Hall–Kier alpha value is -3.57. The van der Waals surface area contributed by atoms with Gasteiger partial charge in [-0.25, -0.2) is 5.84 Å². The van der Waals surface area contributed by atoms with Gasteiger partial charge in [0.15, 0.2) is 0 Å². The van der Waals surface area contributed by atoms with Gasteiger partial charge in [-0.05, 0) is 62.4 Å². The van der Waals surface area contributed by atoms with E-state index in [1.807, 2.05) is 50.2 Å². The predicted molar refractivity (Wildman–Crippen MR) is 165 cm³/mol. The van der Waals surface area contributed by atoms with Crippen LogP contribution in [0.2, 0.25) is 0 Å². The second kappa shape index (κ2) is 13.0. The van der Waals surface area contributed by atoms with Gasteiger partial charge in [-0.3, -0.25) is 14.4 Å². The fourth-order valence-corrected chi connectivity index (χ4v) is 7.05. The monoisotopic (exact) mass is 653 g/mol. The van der Waals surface area contributed by atoms with E-state index in [-0.39, 0.29) is 31.0 Å². The third kappa shape index (κ3) is 6.38. The van der Waals surface area contributed by atoms with Crippen LogP contribution in [0.3, 0.4) is 0 Å². The number of halogens is 1. The second-order valence-corrected chi connectivity index (χ2v) is 12.8. The van der Waals surface area contributed by atoms with E-state index in [1.165, 1.54) is 5.01 Å². The van der Waals surface area contributed by atoms with Crippen LogP contribution in [0.25, 0.3) is 0 Å². The van der Waals surface area contributed by atoms with E-state index in [0.29, 0.717) is 49.4 Å². The van der Waals surface area contributed by atoms with Crippen molar-refractivity contribution in [3.05, 3.63) is 75.0 Å². The van der Waals surface area contributed by atoms with Crippen LogP contribution in [0.1, 0.15) is 72.6 Å². The normalized spacial score (nSPS) is 21.9. The molecule has 1 aliphatic carbocycles. The molecule has 5 N–H and O–H groups in total. The molecule has 230 valence electrons. The summed E-state index contributed by atoms with van der Waals surface area (Å²) in [6, 6.07) is 10.8. The Morgan fingerprint density at radius 1 is 1.16 bits per heavy atom. The number of carboxylic acid groups (broad SMARTS) is 1. The summed E-state index contributed by atoms with van der Waals surface area (Å²) < 4.78 is 7.18. The Bertz CT molecular complexity index is 1430. The summed E-state index contributed by atoms with van der Waals surface area (Å²) in [6.45, 7) is 5.07. The third-order valence-corrected chi connectivity index (χ3v) is 9.59. The molecule has 10 nitrogen and oxygen atoms in total. The summed E-state index contributed by atoms with van der Waals surface area (Å²) >= 11 is 3.71. The number of benzene rings is 2. The number of carboxylic acids is 1. The average Bonchev–Trinajstić information content (AvgIpc) is 3.31. The first kappa shape index (κ1) is 30.9. The molecule has 0 spiro atoms. The Kier molecular flexibility index (Phi) is 9.31. The average molecular weight is 655 g/mol. The van der Waals surface area contributed by atoms with E-state index in [4.69, 9.17) is 16.3 Å². The number of hydrogen-bond acceptors (Lipinski definition) is 7. The van der Waals surface area contributed by atoms with Crippen molar-refractivity contribution in [3.63, 3.8) is 0 Å². The number of nitrogens with zero attached hydrogens (tertiary/aromatic N) is 3. The summed E-state index contributed by atoms with van der Waals surface area (Å²) in [5, 5.41) is 11.5. The number of ether oxygens (including phenoxy) is 1. The van der Waals surface area contributed by atoms with E-state index < -0.39 is 23.8 Å². The molecule has 3 unspecified atom stereocenters. The largest absolute Gasteiger partial charge is 0.487 e. The van der Waals surface area contributed by atoms with Gasteiger partial charge in [0.25, 0.3) is 5.91 Å². The number of amides is 2. The molecular formula is C32H40BrN5O5. The number of carbonyl (C=O) groups is 3. The van der Waals surface area contributed by atoms with Crippen LogP contribution < -0.4 is 16.3 Å². The van der Waals surface area contributed by atoms with Crippen molar-refractivity contribution in [2.75, 3.05) is 19.7 Å². The van der Waals surface area contributed by atoms with Crippen LogP contribution in [0.15, 0.2) is 52.8 Å². The minimum atomic E-state index is -0.929. The first-order valence-electron chi connectivity index (χ1n) is 14.9. The molecular weight excluding hydrogens is 614 g/mol. The van der Waals surface area contributed by atoms with E-state index in [2.05, 4.69) is 15.9 Å². The number of hydrazine groups is 1. The zero-order valence-corrected chi connectivity index (χ0v) is 26.3. The Morgan fingerprint density at radius 3 is 2.58 bits per heavy atom. The van der Waals surface area contributed by atoms with Gasteiger partial charge in [-0.15, -0.1) is 0 Å². The van der Waals surface area contributed by atoms with Gasteiger partial charge in [0.1, 0.15) is 12.4 Å². The van der Waals surface area contributed by atoms with E-state index >= 15 is 0 Å². The summed E-state index contributed by atoms with van der Waals surface area (Å²) in [6.07, 6.45) is 4.83. The topological polar surface area (TPSA) is 142 Å². The van der Waals surface area contributed by atoms with E-state index in [9.17, 15) is 19.5 Å². The fraction of sp³-hybridized carbons (Fsp3) is 0.469. The molecule has 1 fully saturated rings. The zero-order valence-electron chi connectivity index (χ0n) is 24.7. The molecule has 2 heterocycles. The number of fused-ring (bicyclic) bond motifs is 2. The molecule has 1 saturated carbocycles. The first-order chi connectivity index (χ1) is 20.6. The smallest absolute Gasteiger partial charge is 0.307 e. The first-order valence-corrected chi connectivity index (χ1v) is 15.7. The van der Waals surface area contributed by atoms with Crippen LogP contribution >= 0.6 is 15.9 Å². The van der Waals surface area contributed by atoms with Gasteiger partial charge in [0.2, 0.25) is 5.91 Å². The number of carbonyl (C=O) groups excluding carboxylic acids is 2. The third-order valence-electron chi connectivity index (χ3n) is 8.85. The standard InChI is InChI=1S/C32H40BrN5O5/c1-19(2)38(35)16-21(34)18-43-28-12-11-26(33)25-13-14-37(31(40)23-9-5-6-10-24(23)32(41)42)27(29(25)28)17-36-15-20-7-3-4-8-22(20)30(36)39/h3-4,7-8,11-12,16,19,23-24,27H,5-6,9-10,13-15,17-18,34-35H2,1-2H3,(H,41,42)/b21-16-. The highest BCUT2D eigenvalue weighted by atomic mass is 79.9. The second-order valence-electron chi connectivity index (χ2n) is 11.9. The van der Waals surface area contributed by atoms with Crippen molar-refractivity contribution >= 4 is 33.7 Å². The zero-order chi connectivity index (χ0) is 30.8. The van der Waals surface area contributed by atoms with Crippen LogP contribution in [0.5, 0.6) is 5.75 Å². The van der Waals surface area contributed by atoms with Crippen LogP contribution in [-0.2, 0) is 22.6 Å². The molecule has 2 aromatic carbocycles. The summed E-state index contributed by atoms with van der Waals surface area (Å²) in [5.41, 5.74) is 10.1. The quantitative estimate of drug-likeness (QED) is 0.270. The van der Waals surface area contributed by atoms with Gasteiger partial charge in [-0.2, -0.15) is 0 Å². The van der Waals surface area contributed by atoms with E-state index in [1.54, 1.807) is 16.0 Å². The molecule has 0 aromatic heterocycles. The van der Waals surface area contributed by atoms with Gasteiger partial charge < -0.3 is 30.4 Å². The Balaban J connectivity index is 1.52. The maximum absolute atomic E-state index is 14.3. The molecule has 2 aliphatic heterocycles. The van der Waals surface area contributed by atoms with Crippen molar-refractivity contribution in [2.45, 2.75) is 64.6 Å². The summed E-state index contributed by atoms with van der Waals surface area (Å²) in [7, 11) is 0. The fourth-order valence-electron chi connectivity index (χ4n) is 6.50. The molecule has 2 aromatic rings. The predicted octanol–water partition coefficient (Wildman–Crippen LogP) is 4.18. The number of aliphatic carboxylic acids is 1. The highest BCUT2D eigenvalue weighted by Gasteiger charge is 2.44. The SMILES string of the molecule is CC(C)N(N)/C=C(\N)COc1ccc(Br)c2c1C(CN1Cc3ccccc3C1=O)N(C(=O)C1CCCCC1C(=O)O)CC2. The van der Waals surface area contributed by atoms with Crippen molar-refractivity contribution in [3.8, 4) is 5.75 Å². The molecule has 11 heteroatoms. The molecule has 0 saturated heterocycles. The van der Waals surface area contributed by atoms with Crippen molar-refractivity contribution in [1.29, 1.82) is 0 Å². The lowest BCUT2D eigenvalue weighted by molar-refractivity contribution is -0.153. The number of nitrogens with two attached hydrogens (primary N) is 2. The van der Waals surface area contributed by atoms with Crippen molar-refractivity contribution < 1.29 is 24.2 Å². The van der Waals surface area contributed by atoms with Crippen molar-refractivity contribution in [2.24, 2.45) is 23.4 Å². The van der Waals surface area contributed by atoms with Crippen molar-refractivity contribution in [1.82, 2.24) is 14.8 Å². The minimum Gasteiger partial charge on any atom is -0.487 e. The van der Waals surface area contributed by atoms with Gasteiger partial charge in [0, 0.05) is 47.5 Å². The van der Waals surface area contributed by atoms with Crippen LogP contribution in [0, 0.1) is 11.8 Å². The molecule has 43 heavy (non-hydrogen) atoms. The van der Waals surface area contributed by atoms with Gasteiger partial charge in [-0.1, -0.05) is 47.0 Å². The van der Waals surface area contributed by atoms with Gasteiger partial charge >= 0.3 is 5.97 Å². The maximum atomic E-state index is 14.3. The van der Waals surface area contributed by atoms with E-state index in [0.717, 1.165) is 34.0 Å². The van der Waals surface area contributed by atoms with Crippen LogP contribution in [-0.4, -0.2) is 63.4 Å². The lowest BCUT2D eigenvalue weighted by Gasteiger charge is -2.43. The Labute approximate surface area is 260 Å². The summed E-state index contributed by atoms with van der Waals surface area (Å²) in [5.74, 6) is 4.07. The minimum absolute atomic E-state index is 0.0551. The molecule has 5 rings (SSSR count). The molecule has 2 amide bonds. The summed E-state index contributed by atoms with van der Waals surface area (Å²) in [4.78, 5) is 43.5. The lowest BCUT2D eigenvalue weighted by atomic mass is 9.77. The lowest BCUT2D eigenvalue weighted by Crippen LogP contribution is -2.50. The molecule has 0 radical (unpaired) electrons. The highest BCUT2D eigenvalue weighted by molar-refractivity contribution is 9.10. The number of rotatable bonds is 9. The highest BCUT2D eigenvalue weighted by Crippen LogP contribution is 2.43. The Morgan fingerprint density at radius 2 is 1.88 bits per heavy atom. The maximum Gasteiger partial charge on any atom is 0.307 e.